The van der Waals surface area contributed by atoms with Crippen LogP contribution >= 0.6 is 0 Å². The summed E-state index contributed by atoms with van der Waals surface area (Å²) in [7, 11) is 0. The number of rotatable bonds is 7. The van der Waals surface area contributed by atoms with Gasteiger partial charge in [-0.2, -0.15) is 0 Å². The molecule has 0 aliphatic heterocycles. The quantitative estimate of drug-likeness (QED) is 0.388. The summed E-state index contributed by atoms with van der Waals surface area (Å²) in [4.78, 5) is 29.4. The molecule has 1 amide bonds. The molecule has 0 radical (unpaired) electrons. The van der Waals surface area contributed by atoms with Gasteiger partial charge in [0.25, 0.3) is 5.91 Å². The molecule has 1 aromatic carbocycles. The first-order valence-electron chi connectivity index (χ1n) is 14.0. The van der Waals surface area contributed by atoms with E-state index in [0.29, 0.717) is 29.0 Å². The van der Waals surface area contributed by atoms with Crippen LogP contribution in [0.2, 0.25) is 0 Å². The maximum absolute atomic E-state index is 12.4. The molecule has 0 spiro atoms. The van der Waals surface area contributed by atoms with Crippen molar-refractivity contribution < 1.29 is 29.7 Å². The Balaban J connectivity index is 1.21. The maximum atomic E-state index is 12.4. The molecule has 210 valence electrons. The number of carboxylic acids is 1. The summed E-state index contributed by atoms with van der Waals surface area (Å²) in [5, 5.41) is 37.5. The Bertz CT molecular complexity index is 1210. The van der Waals surface area contributed by atoms with Gasteiger partial charge in [-0.3, -0.25) is 4.79 Å². The van der Waals surface area contributed by atoms with Crippen LogP contribution in [0.3, 0.4) is 0 Å². The first-order valence-corrected chi connectivity index (χ1v) is 14.0. The third-order valence-electron chi connectivity index (χ3n) is 10.5. The summed E-state index contributed by atoms with van der Waals surface area (Å²) < 4.78 is 0. The number of hydrogen-bond acceptors (Lipinski definition) is 6. The maximum Gasteiger partial charge on any atom is 0.329 e. The van der Waals surface area contributed by atoms with Crippen molar-refractivity contribution >= 4 is 17.6 Å². The second-order valence-electron chi connectivity index (χ2n) is 12.5. The van der Waals surface area contributed by atoms with Crippen LogP contribution in [0.5, 0.6) is 0 Å². The summed E-state index contributed by atoms with van der Waals surface area (Å²) in [6, 6.07) is 6.82. The number of carbonyl (C=O) groups excluding carboxylic acids is 1. The number of allylic oxidation sites excluding steroid dienone is 4. The first kappa shape index (κ1) is 27.6. The van der Waals surface area contributed by atoms with Crippen LogP contribution in [-0.2, 0) is 14.4 Å². The van der Waals surface area contributed by atoms with Crippen molar-refractivity contribution in [2.45, 2.75) is 77.0 Å². The number of fused-ring (bicyclic) bond motifs is 5. The number of carbonyl (C=O) groups is 2. The van der Waals surface area contributed by atoms with Crippen molar-refractivity contribution in [1.82, 2.24) is 5.32 Å². The Morgan fingerprint density at radius 1 is 1.10 bits per heavy atom. The van der Waals surface area contributed by atoms with Gasteiger partial charge in [0.05, 0.1) is 5.60 Å². The van der Waals surface area contributed by atoms with E-state index in [0.717, 1.165) is 38.5 Å². The van der Waals surface area contributed by atoms with Crippen molar-refractivity contribution in [3.63, 3.8) is 0 Å². The minimum Gasteiger partial charge on any atom is -0.480 e. The Kier molecular flexibility index (Phi) is 7.22. The van der Waals surface area contributed by atoms with E-state index >= 15 is 0 Å². The molecule has 3 fully saturated rings. The minimum atomic E-state index is -1.51. The van der Waals surface area contributed by atoms with Crippen molar-refractivity contribution in [3.05, 3.63) is 59.7 Å². The molecule has 8 atom stereocenters. The highest BCUT2D eigenvalue weighted by Crippen LogP contribution is 2.66. The van der Waals surface area contributed by atoms with Crippen LogP contribution in [-0.4, -0.2) is 51.2 Å². The van der Waals surface area contributed by atoms with E-state index < -0.39 is 36.2 Å². The van der Waals surface area contributed by atoms with Gasteiger partial charge in [0.1, 0.15) is 11.8 Å². The van der Waals surface area contributed by atoms with Crippen LogP contribution in [0.15, 0.2) is 59.3 Å². The van der Waals surface area contributed by atoms with E-state index in [-0.39, 0.29) is 10.8 Å². The number of nitrogens with zero attached hydrogens (tertiary/aromatic N) is 1. The largest absolute Gasteiger partial charge is 0.480 e. The summed E-state index contributed by atoms with van der Waals surface area (Å²) in [6.07, 6.45) is 11.0. The fourth-order valence-corrected chi connectivity index (χ4v) is 8.01. The molecule has 8 nitrogen and oxygen atoms in total. The predicted molar refractivity (Wildman–Crippen MR) is 147 cm³/mol. The SMILES string of the molecule is C[C@]12C=C/C(=N\OCC(=O)NC(C(=O)O)C(O)c3ccccc3)C=C1CC[C@@H]1C2CC[C@@]2(C)C1CC[C@]2(C)O. The van der Waals surface area contributed by atoms with Crippen LogP contribution in [0.1, 0.15) is 71.0 Å². The first-order chi connectivity index (χ1) is 18.5. The summed E-state index contributed by atoms with van der Waals surface area (Å²) in [6.45, 7) is 6.18. The molecule has 4 aliphatic rings. The number of hydrogen-bond donors (Lipinski definition) is 4. The second kappa shape index (κ2) is 10.2. The van der Waals surface area contributed by atoms with E-state index in [1.165, 1.54) is 5.57 Å². The zero-order valence-electron chi connectivity index (χ0n) is 23.0. The third-order valence-corrected chi connectivity index (χ3v) is 10.5. The molecule has 3 saturated carbocycles. The number of aliphatic carboxylic acids is 1. The Labute approximate surface area is 229 Å². The van der Waals surface area contributed by atoms with E-state index in [2.05, 4.69) is 36.5 Å². The van der Waals surface area contributed by atoms with Gasteiger partial charge in [0.15, 0.2) is 12.6 Å². The molecule has 0 saturated heterocycles. The number of carboxylic acid groups (broad SMARTS) is 1. The lowest BCUT2D eigenvalue weighted by atomic mass is 9.47. The minimum absolute atomic E-state index is 0.0120. The van der Waals surface area contributed by atoms with Crippen LogP contribution in [0, 0.1) is 28.6 Å². The highest BCUT2D eigenvalue weighted by Gasteiger charge is 2.62. The van der Waals surface area contributed by atoms with E-state index in [1.807, 2.05) is 13.0 Å². The lowest BCUT2D eigenvalue weighted by Gasteiger charge is -2.58. The highest BCUT2D eigenvalue weighted by molar-refractivity contribution is 6.05. The van der Waals surface area contributed by atoms with Gasteiger partial charge in [-0.15, -0.1) is 0 Å². The molecule has 0 aromatic heterocycles. The fourth-order valence-electron chi connectivity index (χ4n) is 8.01. The number of aliphatic hydroxyl groups is 2. The van der Waals surface area contributed by atoms with E-state index in [1.54, 1.807) is 30.3 Å². The van der Waals surface area contributed by atoms with Gasteiger partial charge in [-0.1, -0.05) is 61.0 Å². The lowest BCUT2D eigenvalue weighted by molar-refractivity contribution is -0.146. The number of amides is 1. The van der Waals surface area contributed by atoms with Gasteiger partial charge >= 0.3 is 5.97 Å². The number of oxime groups is 1. The topological polar surface area (TPSA) is 128 Å². The average molecular weight is 537 g/mol. The Morgan fingerprint density at radius 3 is 2.54 bits per heavy atom. The summed E-state index contributed by atoms with van der Waals surface area (Å²) in [5.74, 6) is -0.360. The van der Waals surface area contributed by atoms with Crippen LogP contribution < -0.4 is 5.32 Å². The molecule has 4 unspecified atom stereocenters. The molecule has 4 aliphatic carbocycles. The van der Waals surface area contributed by atoms with Gasteiger partial charge in [0.2, 0.25) is 0 Å². The molecule has 0 bridgehead atoms. The smallest absolute Gasteiger partial charge is 0.329 e. The average Bonchev–Trinajstić information content (AvgIpc) is 3.16. The molecule has 4 N–H and O–H groups in total. The lowest BCUT2D eigenvalue weighted by Crippen LogP contribution is -2.53. The fraction of sp³-hybridized carbons (Fsp3) is 0.581. The van der Waals surface area contributed by atoms with Crippen LogP contribution in [0.4, 0.5) is 0 Å². The summed E-state index contributed by atoms with van der Waals surface area (Å²) in [5.41, 5.74) is 1.68. The molecule has 5 rings (SSSR count). The van der Waals surface area contributed by atoms with Gasteiger partial charge < -0.3 is 25.5 Å². The van der Waals surface area contributed by atoms with Gasteiger partial charge in [-0.25, -0.2) is 4.79 Å². The normalized spacial score (nSPS) is 37.6. The predicted octanol–water partition coefficient (Wildman–Crippen LogP) is 4.15. The Morgan fingerprint density at radius 2 is 1.82 bits per heavy atom. The Hall–Kier alpha value is -2.97. The highest BCUT2D eigenvalue weighted by atomic mass is 16.6. The molecule has 39 heavy (non-hydrogen) atoms. The van der Waals surface area contributed by atoms with Crippen molar-refractivity contribution in [2.75, 3.05) is 6.61 Å². The molecular formula is C31H40N2O6. The zero-order chi connectivity index (χ0) is 28.0. The second-order valence-corrected chi connectivity index (χ2v) is 12.5. The van der Waals surface area contributed by atoms with E-state index in [9.17, 15) is 24.9 Å². The molecule has 1 aromatic rings. The molecular weight excluding hydrogens is 496 g/mol. The molecule has 0 heterocycles. The standard InChI is InChI=1S/C31H40N2O6/c1-29-14-11-21(33-39-18-25(34)32-26(28(36)37)27(35)19-7-5-4-6-8-19)17-20(29)9-10-22-23(29)12-15-30(2)24(22)13-16-31(30,3)38/h4-8,11,14,17,22-24,26-27,35,38H,9-10,12-13,15-16,18H2,1-3H3,(H,32,34)(H,36,37)/b33-21+/t22-,23?,24?,26?,27?,29+,30+,31+/m1/s1. The summed E-state index contributed by atoms with van der Waals surface area (Å²) >= 11 is 0. The van der Waals surface area contributed by atoms with Gasteiger partial charge in [-0.05, 0) is 86.3 Å². The number of nitrogens with one attached hydrogen (secondary N) is 1. The third kappa shape index (κ3) is 4.82. The van der Waals surface area contributed by atoms with Crippen molar-refractivity contribution in [1.29, 1.82) is 0 Å². The zero-order valence-corrected chi connectivity index (χ0v) is 23.0. The molecule has 8 heteroatoms. The van der Waals surface area contributed by atoms with Gasteiger partial charge in [0, 0.05) is 5.41 Å². The number of benzene rings is 1. The number of aliphatic hydroxyl groups excluding tert-OH is 1. The van der Waals surface area contributed by atoms with E-state index in [4.69, 9.17) is 4.84 Å². The monoisotopic (exact) mass is 536 g/mol. The van der Waals surface area contributed by atoms with Crippen LogP contribution in [0.25, 0.3) is 0 Å². The van der Waals surface area contributed by atoms with Crippen molar-refractivity contribution in [3.8, 4) is 0 Å². The van der Waals surface area contributed by atoms with Crippen molar-refractivity contribution in [2.24, 2.45) is 33.7 Å².